The van der Waals surface area contributed by atoms with Crippen molar-refractivity contribution in [2.45, 2.75) is 151 Å². The van der Waals surface area contributed by atoms with Gasteiger partial charge in [0.25, 0.3) is 0 Å². The minimum atomic E-state index is -0.0674. The molecule has 3 fully saturated rings. The van der Waals surface area contributed by atoms with Gasteiger partial charge in [0.2, 0.25) is 0 Å². The molecule has 490 valence electrons. The van der Waals surface area contributed by atoms with E-state index in [-0.39, 0.29) is 32.9 Å². The van der Waals surface area contributed by atoms with Crippen molar-refractivity contribution in [1.29, 1.82) is 0 Å². The van der Waals surface area contributed by atoms with Crippen LogP contribution >= 0.6 is 0 Å². The summed E-state index contributed by atoms with van der Waals surface area (Å²) < 4.78 is 0. The molecule has 0 bridgehead atoms. The van der Waals surface area contributed by atoms with Gasteiger partial charge < -0.3 is 29.4 Å². The summed E-state index contributed by atoms with van der Waals surface area (Å²) in [5, 5.41) is 16.2. The molecule has 3 saturated carbocycles. The first-order valence-corrected chi connectivity index (χ1v) is 36.8. The molecule has 3 heterocycles. The summed E-state index contributed by atoms with van der Waals surface area (Å²) >= 11 is 0. The van der Waals surface area contributed by atoms with E-state index in [1.54, 1.807) is 0 Å². The highest BCUT2D eigenvalue weighted by molar-refractivity contribution is 6.39. The Morgan fingerprint density at radius 3 is 0.929 bits per heavy atom. The SMILES string of the molecule is CN(C)c1ccc(N2c3ccc(-c4ccc5c6cc7c(cc6c6cccc4c65)c4ccc(-c5ccc6c(c5)C5(C)CCCCC5(C)N6c5ccc(N(C)C)cc5)c5c(-c6ccc8c(c6)C6(C)CCCCC6(C)N8c6ccc(N(C)C)cc6)ccc7c54)cc3C3(C)CCCCC23C)cc1. The second-order valence-electron chi connectivity index (χ2n) is 32.8. The van der Waals surface area contributed by atoms with Crippen LogP contribution in [0.3, 0.4) is 0 Å². The Labute approximate surface area is 579 Å². The highest BCUT2D eigenvalue weighted by Crippen LogP contribution is 2.66. The number of fused-ring (bicyclic) bond motifs is 15. The quantitative estimate of drug-likeness (QED) is 0.142. The lowest BCUT2D eigenvalue weighted by Crippen LogP contribution is -2.54. The molecule has 3 aliphatic carbocycles. The van der Waals surface area contributed by atoms with E-state index < -0.39 is 0 Å². The van der Waals surface area contributed by atoms with Gasteiger partial charge in [0.15, 0.2) is 0 Å². The molecular formula is C92H92N6. The van der Waals surface area contributed by atoms with Gasteiger partial charge in [-0.15, -0.1) is 0 Å². The summed E-state index contributed by atoms with van der Waals surface area (Å²) in [5.41, 5.74) is 23.8. The van der Waals surface area contributed by atoms with Crippen LogP contribution in [0.5, 0.6) is 0 Å². The summed E-state index contributed by atoms with van der Waals surface area (Å²) in [5.74, 6) is 0. The predicted molar refractivity (Wildman–Crippen MR) is 422 cm³/mol. The fourth-order valence-corrected chi connectivity index (χ4v) is 21.6. The molecule has 13 aromatic carbocycles. The van der Waals surface area contributed by atoms with Crippen LogP contribution in [-0.2, 0) is 16.2 Å². The monoisotopic (exact) mass is 1280 g/mol. The number of hydrogen-bond donors (Lipinski definition) is 0. The highest BCUT2D eigenvalue weighted by Gasteiger charge is 2.60. The van der Waals surface area contributed by atoms with E-state index in [1.807, 2.05) is 0 Å². The minimum absolute atomic E-state index is 0.0134. The van der Waals surface area contributed by atoms with Gasteiger partial charge in [-0.3, -0.25) is 0 Å². The average molecular weight is 1280 g/mol. The van der Waals surface area contributed by atoms with Crippen molar-refractivity contribution in [3.05, 3.63) is 211 Å². The second-order valence-corrected chi connectivity index (χ2v) is 32.8. The van der Waals surface area contributed by atoms with Crippen molar-refractivity contribution in [3.63, 3.8) is 0 Å². The first-order valence-electron chi connectivity index (χ1n) is 36.8. The van der Waals surface area contributed by atoms with E-state index in [9.17, 15) is 0 Å². The van der Waals surface area contributed by atoms with Crippen LogP contribution in [0.15, 0.2) is 194 Å². The summed E-state index contributed by atoms with van der Waals surface area (Å²) in [6.07, 6.45) is 14.5. The van der Waals surface area contributed by atoms with Crippen LogP contribution in [-0.4, -0.2) is 58.9 Å². The van der Waals surface area contributed by atoms with Gasteiger partial charge in [0, 0.05) is 110 Å². The van der Waals surface area contributed by atoms with Crippen molar-refractivity contribution in [2.75, 3.05) is 71.7 Å². The predicted octanol–water partition coefficient (Wildman–Crippen LogP) is 23.9. The van der Waals surface area contributed by atoms with Crippen LogP contribution in [0.1, 0.15) is 135 Å². The molecule has 0 amide bonds. The maximum absolute atomic E-state index is 2.74. The van der Waals surface area contributed by atoms with Crippen LogP contribution in [0, 0.1) is 0 Å². The Hall–Kier alpha value is -9.26. The van der Waals surface area contributed by atoms with Crippen LogP contribution in [0.4, 0.5) is 51.2 Å². The van der Waals surface area contributed by atoms with Gasteiger partial charge in [-0.25, -0.2) is 0 Å². The van der Waals surface area contributed by atoms with E-state index >= 15 is 0 Å². The van der Waals surface area contributed by atoms with Gasteiger partial charge in [-0.1, -0.05) is 132 Å². The largest absolute Gasteiger partial charge is 0.378 e. The summed E-state index contributed by atoms with van der Waals surface area (Å²) in [4.78, 5) is 14.8. The highest BCUT2D eigenvalue weighted by atomic mass is 15.3. The Bertz CT molecular complexity index is 5220. The molecule has 6 aliphatic rings. The van der Waals surface area contributed by atoms with Crippen LogP contribution < -0.4 is 29.4 Å². The zero-order chi connectivity index (χ0) is 66.9. The number of rotatable bonds is 9. The number of hydrogen-bond acceptors (Lipinski definition) is 6. The van der Waals surface area contributed by atoms with Crippen molar-refractivity contribution in [3.8, 4) is 33.4 Å². The summed E-state index contributed by atoms with van der Waals surface area (Å²) in [6, 6.07) is 78.0. The molecule has 98 heavy (non-hydrogen) atoms. The molecule has 19 rings (SSSR count). The molecular weight excluding hydrogens is 1190 g/mol. The maximum Gasteiger partial charge on any atom is 0.0517 e. The number of nitrogens with zero attached hydrogens (tertiary/aromatic N) is 6. The zero-order valence-corrected chi connectivity index (χ0v) is 59.6. The van der Waals surface area contributed by atoms with E-state index in [2.05, 4.69) is 307 Å². The fourth-order valence-electron chi connectivity index (χ4n) is 21.6. The average Bonchev–Trinajstić information content (AvgIpc) is 1.54. The van der Waals surface area contributed by atoms with Gasteiger partial charge in [0.1, 0.15) is 0 Å². The van der Waals surface area contributed by atoms with E-state index in [4.69, 9.17) is 0 Å². The third kappa shape index (κ3) is 7.76. The first-order chi connectivity index (χ1) is 47.3. The summed E-state index contributed by atoms with van der Waals surface area (Å²) in [6.45, 7) is 15.5. The molecule has 0 saturated heterocycles. The lowest BCUT2D eigenvalue weighted by Gasteiger charge is -2.50. The normalized spacial score (nSPS) is 24.8. The Morgan fingerprint density at radius 1 is 0.265 bits per heavy atom. The maximum atomic E-state index is 2.74. The molecule has 0 N–H and O–H groups in total. The summed E-state index contributed by atoms with van der Waals surface area (Å²) in [7, 11) is 12.8. The van der Waals surface area contributed by atoms with Gasteiger partial charge in [-0.05, 0) is 295 Å². The van der Waals surface area contributed by atoms with Crippen molar-refractivity contribution >= 4 is 116 Å². The van der Waals surface area contributed by atoms with Crippen LogP contribution in [0.2, 0.25) is 0 Å². The standard InChI is InChI=1S/C92H92N6/c1-87-46-13-16-49-90(87,4)96(63-31-25-60(26-32-63)93(7)8)81-43-22-57(52-78(81)87)66-37-40-71-75-56-77-73-42-39-68(59-24-45-83-80(54-59)89(3)48-15-18-51-92(89,6)98(83)65-35-29-62(30-36-65)95(11)12)85-67(38-41-72(86(73)85)76(77)55-74(75)70-21-19-20-69(66)84(70)71)58-23-44-82-79(53-58)88(2)47-14-17-50-91(88,5)97(82)64-33-27-61(28-34-64)94(9)10/h19-45,52-56H,13-18,46-51H2,1-12H3. The van der Waals surface area contributed by atoms with Gasteiger partial charge in [0.05, 0.1) is 16.6 Å². The molecule has 6 unspecified atom stereocenters. The van der Waals surface area contributed by atoms with E-state index in [0.717, 1.165) is 12.8 Å². The molecule has 3 aliphatic heterocycles. The second kappa shape index (κ2) is 20.7. The molecule has 6 nitrogen and oxygen atoms in total. The third-order valence-corrected chi connectivity index (χ3v) is 27.6. The molecule has 6 heteroatoms. The van der Waals surface area contributed by atoms with Crippen molar-refractivity contribution < 1.29 is 0 Å². The van der Waals surface area contributed by atoms with Crippen LogP contribution in [0.25, 0.3) is 98.0 Å². The lowest BCUT2D eigenvalue weighted by molar-refractivity contribution is 0.195. The number of anilines is 9. The lowest BCUT2D eigenvalue weighted by atomic mass is 9.61. The number of benzene rings is 11. The molecule has 0 spiro atoms. The molecule has 6 atom stereocenters. The molecule has 13 aromatic rings. The zero-order valence-electron chi connectivity index (χ0n) is 59.6. The molecule has 0 aromatic heterocycles. The van der Waals surface area contributed by atoms with E-state index in [1.165, 1.54) is 230 Å². The fraction of sp³-hybridized carbons (Fsp3) is 0.326. The minimum Gasteiger partial charge on any atom is -0.378 e. The Morgan fingerprint density at radius 2 is 0.571 bits per heavy atom. The smallest absolute Gasteiger partial charge is 0.0517 e. The first kappa shape index (κ1) is 60.0. The molecule has 0 radical (unpaired) electrons. The topological polar surface area (TPSA) is 19.4 Å². The third-order valence-electron chi connectivity index (χ3n) is 27.6. The Balaban J connectivity index is 0.796. The van der Waals surface area contributed by atoms with E-state index in [0.29, 0.717) is 0 Å². The Kier molecular flexibility index (Phi) is 12.6. The van der Waals surface area contributed by atoms with Gasteiger partial charge >= 0.3 is 0 Å². The van der Waals surface area contributed by atoms with Gasteiger partial charge in [-0.2, -0.15) is 0 Å². The van der Waals surface area contributed by atoms with Crippen molar-refractivity contribution in [2.24, 2.45) is 0 Å². The van der Waals surface area contributed by atoms with Crippen molar-refractivity contribution in [1.82, 2.24) is 0 Å².